The Kier molecular flexibility index (Phi) is 6.64. The van der Waals surface area contributed by atoms with Crippen molar-refractivity contribution in [1.82, 2.24) is 24.5 Å². The molecule has 1 aliphatic rings. The second kappa shape index (κ2) is 9.79. The first-order valence-electron chi connectivity index (χ1n) is 11.6. The van der Waals surface area contributed by atoms with Crippen LogP contribution < -0.4 is 10.3 Å². The average Bonchev–Trinajstić information content (AvgIpc) is 2.86. The largest absolute Gasteiger partial charge is 0.485 e. The molecule has 7 nitrogen and oxygen atoms in total. The third-order valence-electron chi connectivity index (χ3n) is 6.26. The van der Waals surface area contributed by atoms with Crippen LogP contribution in [-0.2, 0) is 6.61 Å². The van der Waals surface area contributed by atoms with E-state index in [0.29, 0.717) is 40.2 Å². The molecule has 0 radical (unpaired) electrons. The molecule has 1 fully saturated rings. The van der Waals surface area contributed by atoms with Crippen molar-refractivity contribution in [2.24, 2.45) is 0 Å². The van der Waals surface area contributed by atoms with Crippen LogP contribution in [0.3, 0.4) is 0 Å². The first kappa shape index (κ1) is 25.8. The fourth-order valence-corrected chi connectivity index (χ4v) is 4.43. The highest BCUT2D eigenvalue weighted by molar-refractivity contribution is 6.31. The molecule has 4 heterocycles. The van der Waals surface area contributed by atoms with E-state index in [-0.39, 0.29) is 35.9 Å². The number of rotatable bonds is 6. The number of aromatic nitrogens is 5. The molecule has 12 heteroatoms. The molecule has 5 rings (SSSR count). The molecule has 0 unspecified atom stereocenters. The van der Waals surface area contributed by atoms with E-state index < -0.39 is 29.0 Å². The van der Waals surface area contributed by atoms with Gasteiger partial charge in [-0.1, -0.05) is 11.6 Å². The first-order chi connectivity index (χ1) is 18.0. The minimum absolute atomic E-state index is 0.0145. The van der Waals surface area contributed by atoms with Crippen molar-refractivity contribution < 1.29 is 22.3 Å². The van der Waals surface area contributed by atoms with Crippen molar-refractivity contribution in [2.45, 2.75) is 45.1 Å². The summed E-state index contributed by atoms with van der Waals surface area (Å²) in [5, 5.41) is -0.244. The van der Waals surface area contributed by atoms with Gasteiger partial charge in [0.05, 0.1) is 23.3 Å². The lowest BCUT2D eigenvalue weighted by Gasteiger charge is -2.33. The molecule has 4 aromatic heterocycles. The molecule has 0 bridgehead atoms. The first-order valence-corrected chi connectivity index (χ1v) is 11.9. The maximum Gasteiger partial charge on any atom is 0.277 e. The molecule has 0 saturated heterocycles. The minimum atomic E-state index is -2.70. The minimum Gasteiger partial charge on any atom is -0.485 e. The van der Waals surface area contributed by atoms with Gasteiger partial charge in [0.1, 0.15) is 34.7 Å². The van der Waals surface area contributed by atoms with Crippen molar-refractivity contribution in [2.75, 3.05) is 0 Å². The molecule has 0 aliphatic heterocycles. The summed E-state index contributed by atoms with van der Waals surface area (Å²) >= 11 is 6.33. The van der Waals surface area contributed by atoms with Gasteiger partial charge in [-0.05, 0) is 31.5 Å². The van der Waals surface area contributed by atoms with Gasteiger partial charge in [0.2, 0.25) is 5.92 Å². The summed E-state index contributed by atoms with van der Waals surface area (Å²) < 4.78 is 60.6. The van der Waals surface area contributed by atoms with E-state index in [4.69, 9.17) is 16.3 Å². The van der Waals surface area contributed by atoms with Crippen LogP contribution in [-0.4, -0.2) is 30.4 Å². The number of alkyl halides is 2. The van der Waals surface area contributed by atoms with Crippen LogP contribution in [0.15, 0.2) is 47.7 Å². The molecule has 0 spiro atoms. The smallest absolute Gasteiger partial charge is 0.277 e. The number of nitrogens with zero attached hydrogens (tertiary/aromatic N) is 5. The van der Waals surface area contributed by atoms with E-state index in [9.17, 15) is 22.4 Å². The van der Waals surface area contributed by atoms with Crippen molar-refractivity contribution in [3.05, 3.63) is 92.6 Å². The SMILES string of the molecule is Cc1cnc(-c2ccnc(C3CC(F)(F)C3)n2)cc1-n1c(C)cc(OCc2ncc(F)cc2F)c(Cl)c1=O. The van der Waals surface area contributed by atoms with Crippen LogP contribution >= 0.6 is 11.6 Å². The van der Waals surface area contributed by atoms with Crippen molar-refractivity contribution in [1.29, 1.82) is 0 Å². The fourth-order valence-electron chi connectivity index (χ4n) is 4.23. The molecule has 4 aromatic rings. The lowest BCUT2D eigenvalue weighted by Crippen LogP contribution is -2.34. The van der Waals surface area contributed by atoms with Crippen LogP contribution in [0.25, 0.3) is 17.1 Å². The van der Waals surface area contributed by atoms with Crippen molar-refractivity contribution in [3.8, 4) is 22.8 Å². The highest BCUT2D eigenvalue weighted by atomic mass is 35.5. The molecule has 0 atom stereocenters. The Labute approximate surface area is 219 Å². The second-order valence-electron chi connectivity index (χ2n) is 9.09. The van der Waals surface area contributed by atoms with Gasteiger partial charge < -0.3 is 4.74 Å². The summed E-state index contributed by atoms with van der Waals surface area (Å²) in [5.74, 6) is -4.49. The van der Waals surface area contributed by atoms with Gasteiger partial charge in [-0.3, -0.25) is 19.3 Å². The van der Waals surface area contributed by atoms with Gasteiger partial charge in [-0.15, -0.1) is 0 Å². The summed E-state index contributed by atoms with van der Waals surface area (Å²) in [6.07, 6.45) is 3.33. The van der Waals surface area contributed by atoms with Crippen molar-refractivity contribution >= 4 is 11.6 Å². The summed E-state index contributed by atoms with van der Waals surface area (Å²) in [6, 6.07) is 5.47. The van der Waals surface area contributed by atoms with Gasteiger partial charge in [-0.2, -0.15) is 0 Å². The lowest BCUT2D eigenvalue weighted by molar-refractivity contribution is -0.0885. The normalized spacial score (nSPS) is 14.8. The number of pyridine rings is 3. The van der Waals surface area contributed by atoms with Gasteiger partial charge >= 0.3 is 0 Å². The number of hydrogen-bond acceptors (Lipinski definition) is 6. The maximum atomic E-state index is 13.9. The van der Waals surface area contributed by atoms with Crippen LogP contribution in [0.5, 0.6) is 5.75 Å². The fraction of sp³-hybridized carbons (Fsp3) is 0.269. The summed E-state index contributed by atoms with van der Waals surface area (Å²) in [6.45, 7) is 3.07. The third-order valence-corrected chi connectivity index (χ3v) is 6.60. The quantitative estimate of drug-likeness (QED) is 0.288. The zero-order chi connectivity index (χ0) is 27.2. The van der Waals surface area contributed by atoms with Crippen LogP contribution in [0.4, 0.5) is 17.6 Å². The number of ether oxygens (including phenoxy) is 1. The Bertz CT molecular complexity index is 1600. The van der Waals surface area contributed by atoms with Crippen molar-refractivity contribution in [3.63, 3.8) is 0 Å². The number of halogens is 5. The molecule has 1 saturated carbocycles. The Morgan fingerprint density at radius 1 is 1.08 bits per heavy atom. The lowest BCUT2D eigenvalue weighted by atomic mass is 9.81. The predicted molar refractivity (Wildman–Crippen MR) is 131 cm³/mol. The molecular weight excluding hydrogens is 526 g/mol. The highest BCUT2D eigenvalue weighted by Gasteiger charge is 2.47. The topological polar surface area (TPSA) is 82.8 Å². The van der Waals surface area contributed by atoms with Crippen LogP contribution in [0.1, 0.15) is 41.5 Å². The molecule has 1 aliphatic carbocycles. The third kappa shape index (κ3) is 4.98. The van der Waals surface area contributed by atoms with Gasteiger partial charge in [0.25, 0.3) is 5.56 Å². The standard InChI is InChI=1S/C26H20ClF4N5O2/c1-13-10-33-19(18-3-4-32-24(35-18)15-8-26(30,31)9-15)7-21(13)36-14(2)5-22(23(27)25(36)37)38-12-20-17(29)6-16(28)11-34-20/h3-7,10-11,15H,8-9,12H2,1-2H3. The Balaban J connectivity index is 1.46. The van der Waals surface area contributed by atoms with E-state index in [1.807, 2.05) is 0 Å². The Hall–Kier alpha value is -3.86. The van der Waals surface area contributed by atoms with Crippen LogP contribution in [0, 0.1) is 25.5 Å². The zero-order valence-corrected chi connectivity index (χ0v) is 20.9. The van der Waals surface area contributed by atoms with E-state index in [0.717, 1.165) is 6.20 Å². The summed E-state index contributed by atoms with van der Waals surface area (Å²) in [5.41, 5.74) is 1.71. The van der Waals surface area contributed by atoms with Gasteiger partial charge in [0.15, 0.2) is 5.82 Å². The molecule has 196 valence electrons. The van der Waals surface area contributed by atoms with E-state index >= 15 is 0 Å². The molecule has 0 N–H and O–H groups in total. The predicted octanol–water partition coefficient (Wildman–Crippen LogP) is 5.72. The Morgan fingerprint density at radius 2 is 1.84 bits per heavy atom. The van der Waals surface area contributed by atoms with E-state index in [1.54, 1.807) is 32.2 Å². The monoisotopic (exact) mass is 545 g/mol. The zero-order valence-electron chi connectivity index (χ0n) is 20.2. The molecule has 38 heavy (non-hydrogen) atoms. The molecule has 0 aromatic carbocycles. The van der Waals surface area contributed by atoms with Crippen LogP contribution in [0.2, 0.25) is 5.02 Å². The van der Waals surface area contributed by atoms with Gasteiger partial charge in [0, 0.05) is 49.0 Å². The summed E-state index contributed by atoms with van der Waals surface area (Å²) in [4.78, 5) is 29.9. The number of hydrogen-bond donors (Lipinski definition) is 0. The molecule has 0 amide bonds. The second-order valence-corrected chi connectivity index (χ2v) is 9.47. The average molecular weight is 546 g/mol. The summed E-state index contributed by atoms with van der Waals surface area (Å²) in [7, 11) is 0. The molecular formula is C26H20ClF4N5O2. The van der Waals surface area contributed by atoms with Gasteiger partial charge in [-0.25, -0.2) is 27.5 Å². The van der Waals surface area contributed by atoms with E-state index in [1.165, 1.54) is 16.8 Å². The Morgan fingerprint density at radius 3 is 2.55 bits per heavy atom. The highest BCUT2D eigenvalue weighted by Crippen LogP contribution is 2.47. The maximum absolute atomic E-state index is 13.9. The number of aryl methyl sites for hydroxylation is 2. The van der Waals surface area contributed by atoms with E-state index in [2.05, 4.69) is 19.9 Å².